The van der Waals surface area contributed by atoms with Crippen molar-refractivity contribution in [2.45, 2.75) is 51.7 Å². The monoisotopic (exact) mass is 312 g/mol. The standard InChI is InChI=1S/C14H24N4O2S/c1-6-8-18(9-7-2)21(19,20)14-13(10-15-11(3)4)12(5)16-17-14/h1,11,15H,7-10H2,2-5H3,(H,16,17). The van der Waals surface area contributed by atoms with E-state index in [1.54, 1.807) is 0 Å². The van der Waals surface area contributed by atoms with E-state index in [2.05, 4.69) is 21.4 Å². The molecule has 0 spiro atoms. The van der Waals surface area contributed by atoms with Crippen molar-refractivity contribution in [1.82, 2.24) is 19.8 Å². The Morgan fingerprint density at radius 2 is 2.14 bits per heavy atom. The summed E-state index contributed by atoms with van der Waals surface area (Å²) in [5.74, 6) is 2.40. The highest BCUT2D eigenvalue weighted by Crippen LogP contribution is 2.20. The van der Waals surface area contributed by atoms with Crippen LogP contribution in [0.5, 0.6) is 0 Å². The zero-order chi connectivity index (χ0) is 16.0. The fourth-order valence-electron chi connectivity index (χ4n) is 1.92. The van der Waals surface area contributed by atoms with Gasteiger partial charge in [-0.1, -0.05) is 26.7 Å². The lowest BCUT2D eigenvalue weighted by atomic mass is 10.2. The molecule has 0 aliphatic rings. The molecule has 1 aromatic heterocycles. The maximum absolute atomic E-state index is 12.7. The van der Waals surface area contributed by atoms with Crippen molar-refractivity contribution < 1.29 is 8.42 Å². The molecular formula is C14H24N4O2S. The Balaban J connectivity index is 3.16. The van der Waals surface area contributed by atoms with E-state index in [0.29, 0.717) is 25.1 Å². The van der Waals surface area contributed by atoms with Crippen LogP contribution >= 0.6 is 0 Å². The van der Waals surface area contributed by atoms with Crippen LogP contribution in [0.25, 0.3) is 0 Å². The molecule has 0 aliphatic carbocycles. The number of aryl methyl sites for hydroxylation is 1. The summed E-state index contributed by atoms with van der Waals surface area (Å²) in [6.45, 7) is 8.63. The summed E-state index contributed by atoms with van der Waals surface area (Å²) < 4.78 is 26.7. The highest BCUT2D eigenvalue weighted by Gasteiger charge is 2.29. The van der Waals surface area contributed by atoms with Crippen LogP contribution in [0.3, 0.4) is 0 Å². The van der Waals surface area contributed by atoms with E-state index < -0.39 is 10.0 Å². The Kier molecular flexibility index (Phi) is 6.40. The first kappa shape index (κ1) is 17.7. The van der Waals surface area contributed by atoms with Gasteiger partial charge in [0.2, 0.25) is 0 Å². The molecule has 0 unspecified atom stereocenters. The number of aromatic nitrogens is 2. The molecule has 0 saturated heterocycles. The second kappa shape index (κ2) is 7.59. The minimum atomic E-state index is -3.67. The van der Waals surface area contributed by atoms with Crippen molar-refractivity contribution >= 4 is 10.0 Å². The van der Waals surface area contributed by atoms with Gasteiger partial charge in [-0.15, -0.1) is 6.42 Å². The average molecular weight is 312 g/mol. The number of nitrogens with zero attached hydrogens (tertiary/aromatic N) is 2. The molecule has 0 saturated carbocycles. The number of aromatic amines is 1. The Morgan fingerprint density at radius 1 is 1.48 bits per heavy atom. The van der Waals surface area contributed by atoms with Gasteiger partial charge in [-0.3, -0.25) is 5.10 Å². The predicted molar refractivity (Wildman–Crippen MR) is 83.2 cm³/mol. The number of hydrogen-bond acceptors (Lipinski definition) is 4. The Bertz CT molecular complexity index is 599. The second-order valence-corrected chi connectivity index (χ2v) is 7.06. The van der Waals surface area contributed by atoms with Crippen LogP contribution < -0.4 is 5.32 Å². The fourth-order valence-corrected chi connectivity index (χ4v) is 3.53. The molecule has 1 heterocycles. The predicted octanol–water partition coefficient (Wildman–Crippen LogP) is 1.25. The zero-order valence-electron chi connectivity index (χ0n) is 13.1. The topological polar surface area (TPSA) is 78.1 Å². The quantitative estimate of drug-likeness (QED) is 0.708. The van der Waals surface area contributed by atoms with Crippen LogP contribution in [0.4, 0.5) is 0 Å². The first-order valence-corrected chi connectivity index (χ1v) is 8.49. The summed E-state index contributed by atoms with van der Waals surface area (Å²) in [6, 6.07) is 0.257. The van der Waals surface area contributed by atoms with Crippen LogP contribution in [-0.2, 0) is 16.6 Å². The highest BCUT2D eigenvalue weighted by atomic mass is 32.2. The maximum atomic E-state index is 12.7. The number of rotatable bonds is 8. The van der Waals surface area contributed by atoms with Crippen LogP contribution in [0.2, 0.25) is 0 Å². The Morgan fingerprint density at radius 3 is 2.67 bits per heavy atom. The van der Waals surface area contributed by atoms with Gasteiger partial charge < -0.3 is 5.32 Å². The van der Waals surface area contributed by atoms with Gasteiger partial charge in [0, 0.05) is 30.4 Å². The second-order valence-electron chi connectivity index (χ2n) is 5.21. The smallest absolute Gasteiger partial charge is 0.263 e. The lowest BCUT2D eigenvalue weighted by Crippen LogP contribution is -2.33. The molecule has 0 aliphatic heterocycles. The summed E-state index contributed by atoms with van der Waals surface area (Å²) in [5.41, 5.74) is 1.42. The van der Waals surface area contributed by atoms with E-state index in [0.717, 1.165) is 5.69 Å². The number of hydrogen-bond donors (Lipinski definition) is 2. The maximum Gasteiger partial charge on any atom is 0.263 e. The van der Waals surface area contributed by atoms with Crippen molar-refractivity contribution in [2.75, 3.05) is 13.1 Å². The van der Waals surface area contributed by atoms with Crippen molar-refractivity contribution in [2.24, 2.45) is 0 Å². The molecule has 21 heavy (non-hydrogen) atoms. The van der Waals surface area contributed by atoms with Crippen LogP contribution in [0.1, 0.15) is 38.4 Å². The van der Waals surface area contributed by atoms with Crippen LogP contribution in [0.15, 0.2) is 5.03 Å². The largest absolute Gasteiger partial charge is 0.310 e. The molecule has 2 N–H and O–H groups in total. The average Bonchev–Trinajstić information content (AvgIpc) is 2.78. The third-order valence-electron chi connectivity index (χ3n) is 3.05. The molecule has 1 aromatic rings. The Labute approximate surface area is 127 Å². The fraction of sp³-hybridized carbons (Fsp3) is 0.643. The molecule has 1 rings (SSSR count). The van der Waals surface area contributed by atoms with Crippen LogP contribution in [0, 0.1) is 19.3 Å². The third-order valence-corrected chi connectivity index (χ3v) is 4.87. The van der Waals surface area contributed by atoms with Gasteiger partial charge in [0.25, 0.3) is 10.0 Å². The van der Waals surface area contributed by atoms with E-state index in [1.165, 1.54) is 4.31 Å². The van der Waals surface area contributed by atoms with E-state index in [4.69, 9.17) is 6.42 Å². The summed E-state index contributed by atoms with van der Waals surface area (Å²) >= 11 is 0. The van der Waals surface area contributed by atoms with Gasteiger partial charge in [-0.25, -0.2) is 8.42 Å². The first-order chi connectivity index (χ1) is 9.84. The Hall–Kier alpha value is -1.36. The summed E-state index contributed by atoms with van der Waals surface area (Å²) in [6.07, 6.45) is 5.98. The van der Waals surface area contributed by atoms with Crippen molar-refractivity contribution in [1.29, 1.82) is 0 Å². The summed E-state index contributed by atoms with van der Waals surface area (Å²) in [4.78, 5) is 0. The minimum absolute atomic E-state index is 0.0547. The van der Waals surface area contributed by atoms with E-state index in [1.807, 2.05) is 27.7 Å². The summed E-state index contributed by atoms with van der Waals surface area (Å²) in [5, 5.41) is 10.0. The molecule has 0 amide bonds. The lowest BCUT2D eigenvalue weighted by Gasteiger charge is -2.19. The molecule has 6 nitrogen and oxygen atoms in total. The van der Waals surface area contributed by atoms with Gasteiger partial charge in [-0.05, 0) is 13.3 Å². The zero-order valence-corrected chi connectivity index (χ0v) is 13.9. The molecule has 0 fully saturated rings. The van der Waals surface area contributed by atoms with Gasteiger partial charge in [0.1, 0.15) is 0 Å². The van der Waals surface area contributed by atoms with Gasteiger partial charge in [-0.2, -0.15) is 9.40 Å². The van der Waals surface area contributed by atoms with Crippen molar-refractivity contribution in [3.8, 4) is 12.3 Å². The SMILES string of the molecule is C#CCN(CCC)S(=O)(=O)c1n[nH]c(C)c1CNC(C)C. The van der Waals surface area contributed by atoms with E-state index >= 15 is 0 Å². The van der Waals surface area contributed by atoms with Gasteiger partial charge in [0.15, 0.2) is 5.03 Å². The van der Waals surface area contributed by atoms with Crippen LogP contribution in [-0.4, -0.2) is 42.1 Å². The molecule has 0 radical (unpaired) electrons. The normalized spacial score (nSPS) is 12.0. The van der Waals surface area contributed by atoms with E-state index in [-0.39, 0.29) is 17.6 Å². The molecule has 0 aromatic carbocycles. The minimum Gasteiger partial charge on any atom is -0.310 e. The van der Waals surface area contributed by atoms with E-state index in [9.17, 15) is 8.42 Å². The molecule has 0 atom stereocenters. The number of H-pyrrole nitrogens is 1. The van der Waals surface area contributed by atoms with Crippen molar-refractivity contribution in [3.05, 3.63) is 11.3 Å². The molecule has 7 heteroatoms. The molecule has 118 valence electrons. The molecule has 0 bridgehead atoms. The number of nitrogens with one attached hydrogen (secondary N) is 2. The number of terminal acetylenes is 1. The van der Waals surface area contributed by atoms with Gasteiger partial charge >= 0.3 is 0 Å². The lowest BCUT2D eigenvalue weighted by molar-refractivity contribution is 0.441. The van der Waals surface area contributed by atoms with Gasteiger partial charge in [0.05, 0.1) is 6.54 Å². The number of sulfonamides is 1. The third kappa shape index (κ3) is 4.30. The summed E-state index contributed by atoms with van der Waals surface area (Å²) in [7, 11) is -3.67. The molecular weight excluding hydrogens is 288 g/mol. The van der Waals surface area contributed by atoms with Crippen molar-refractivity contribution in [3.63, 3.8) is 0 Å². The highest BCUT2D eigenvalue weighted by molar-refractivity contribution is 7.89. The first-order valence-electron chi connectivity index (χ1n) is 7.05.